The van der Waals surface area contributed by atoms with Crippen LogP contribution < -0.4 is 19.5 Å². The van der Waals surface area contributed by atoms with Crippen molar-refractivity contribution in [3.05, 3.63) is 16.1 Å². The molecule has 1 N–H and O–H groups in total. The average Bonchev–Trinajstić information content (AvgIpc) is 2.35. The first-order chi connectivity index (χ1) is 8.84. The van der Waals surface area contributed by atoms with Gasteiger partial charge in [0.1, 0.15) is 0 Å². The fourth-order valence-corrected chi connectivity index (χ4v) is 2.26. The molecule has 0 amide bonds. The second-order valence-corrected chi connectivity index (χ2v) is 6.01. The average molecular weight is 332 g/mol. The van der Waals surface area contributed by atoms with Gasteiger partial charge in [-0.3, -0.25) is 0 Å². The fraction of sp³-hybridized carbons (Fsp3) is 0.571. The Balaban J connectivity index is 3.19. The molecular weight excluding hydrogens is 310 g/mol. The molecule has 0 fully saturated rings. The smallest absolute Gasteiger partial charge is 0.204 e. The van der Waals surface area contributed by atoms with Crippen molar-refractivity contribution in [1.29, 1.82) is 0 Å². The summed E-state index contributed by atoms with van der Waals surface area (Å²) in [5, 5.41) is 3.44. The third kappa shape index (κ3) is 4.01. The zero-order chi connectivity index (χ0) is 14.6. The Morgan fingerprint density at radius 1 is 1.05 bits per heavy atom. The lowest BCUT2D eigenvalue weighted by Crippen LogP contribution is -2.35. The Labute approximate surface area is 123 Å². The molecule has 0 bridgehead atoms. The largest absolute Gasteiger partial charge is 0.493 e. The predicted molar refractivity (Wildman–Crippen MR) is 80.4 cm³/mol. The molecule has 1 rings (SSSR count). The summed E-state index contributed by atoms with van der Waals surface area (Å²) in [6, 6.07) is 1.95. The molecule has 0 unspecified atom stereocenters. The van der Waals surface area contributed by atoms with Crippen molar-refractivity contribution >= 4 is 15.9 Å². The summed E-state index contributed by atoms with van der Waals surface area (Å²) in [5.41, 5.74) is 1.10. The molecule has 0 aliphatic heterocycles. The van der Waals surface area contributed by atoms with Crippen LogP contribution in [0.2, 0.25) is 0 Å². The van der Waals surface area contributed by atoms with Crippen LogP contribution in [0.5, 0.6) is 17.2 Å². The van der Waals surface area contributed by atoms with Crippen molar-refractivity contribution in [2.75, 3.05) is 21.3 Å². The molecule has 1 aromatic carbocycles. The van der Waals surface area contributed by atoms with Crippen molar-refractivity contribution < 1.29 is 14.2 Å². The summed E-state index contributed by atoms with van der Waals surface area (Å²) < 4.78 is 17.0. The molecule has 19 heavy (non-hydrogen) atoms. The van der Waals surface area contributed by atoms with E-state index in [1.54, 1.807) is 21.3 Å². The zero-order valence-corrected chi connectivity index (χ0v) is 14.0. The molecule has 0 aliphatic carbocycles. The first-order valence-electron chi connectivity index (χ1n) is 6.06. The van der Waals surface area contributed by atoms with Gasteiger partial charge in [-0.25, -0.2) is 0 Å². The maximum atomic E-state index is 5.40. The topological polar surface area (TPSA) is 39.7 Å². The van der Waals surface area contributed by atoms with E-state index in [1.807, 2.05) is 6.07 Å². The van der Waals surface area contributed by atoms with Gasteiger partial charge in [-0.1, -0.05) is 0 Å². The third-order valence-electron chi connectivity index (χ3n) is 2.65. The maximum absolute atomic E-state index is 5.40. The van der Waals surface area contributed by atoms with Gasteiger partial charge in [-0.05, 0) is 48.3 Å². The highest BCUT2D eigenvalue weighted by Gasteiger charge is 2.20. The van der Waals surface area contributed by atoms with Crippen LogP contribution in [0, 0.1) is 0 Å². The van der Waals surface area contributed by atoms with Crippen LogP contribution in [0.1, 0.15) is 26.3 Å². The molecule has 0 aliphatic rings. The Bertz CT molecular complexity index is 441. The van der Waals surface area contributed by atoms with Crippen LogP contribution >= 0.6 is 15.9 Å². The van der Waals surface area contributed by atoms with E-state index in [1.165, 1.54) is 0 Å². The van der Waals surface area contributed by atoms with Gasteiger partial charge in [-0.15, -0.1) is 0 Å². The van der Waals surface area contributed by atoms with Crippen molar-refractivity contribution in [2.24, 2.45) is 0 Å². The normalized spacial score (nSPS) is 11.3. The number of rotatable bonds is 5. The predicted octanol–water partition coefficient (Wildman–Crippen LogP) is 3.36. The van der Waals surface area contributed by atoms with E-state index in [0.29, 0.717) is 23.8 Å². The SMILES string of the molecule is COc1cc(CNC(C)(C)C)c(Br)c(OC)c1OC. The summed E-state index contributed by atoms with van der Waals surface area (Å²) in [6.07, 6.45) is 0. The first-order valence-corrected chi connectivity index (χ1v) is 6.85. The number of halogens is 1. The van der Waals surface area contributed by atoms with Crippen LogP contribution in [-0.2, 0) is 6.54 Å². The van der Waals surface area contributed by atoms with Gasteiger partial charge in [0.25, 0.3) is 0 Å². The molecule has 108 valence electrons. The van der Waals surface area contributed by atoms with Crippen molar-refractivity contribution in [2.45, 2.75) is 32.9 Å². The lowest BCUT2D eigenvalue weighted by molar-refractivity contribution is 0.321. The summed E-state index contributed by atoms with van der Waals surface area (Å²) in [6.45, 7) is 7.08. The monoisotopic (exact) mass is 331 g/mol. The Morgan fingerprint density at radius 3 is 2.05 bits per heavy atom. The molecule has 0 aromatic heterocycles. The number of ether oxygens (including phenoxy) is 3. The van der Waals surface area contributed by atoms with E-state index in [2.05, 4.69) is 42.0 Å². The molecule has 0 saturated heterocycles. The molecule has 0 saturated carbocycles. The lowest BCUT2D eigenvalue weighted by Gasteiger charge is -2.22. The number of benzene rings is 1. The van der Waals surface area contributed by atoms with Gasteiger partial charge < -0.3 is 19.5 Å². The van der Waals surface area contributed by atoms with Crippen molar-refractivity contribution in [3.8, 4) is 17.2 Å². The van der Waals surface area contributed by atoms with Gasteiger partial charge in [0.15, 0.2) is 11.5 Å². The standard InChI is InChI=1S/C14H22BrNO3/c1-14(2,3)16-8-9-7-10(17-4)12(18-5)13(19-6)11(9)15/h7,16H,8H2,1-6H3. The van der Waals surface area contributed by atoms with Gasteiger partial charge in [0, 0.05) is 12.1 Å². The summed E-state index contributed by atoms with van der Waals surface area (Å²) >= 11 is 3.56. The van der Waals surface area contributed by atoms with E-state index < -0.39 is 0 Å². The van der Waals surface area contributed by atoms with Gasteiger partial charge in [0.2, 0.25) is 5.75 Å². The molecule has 0 heterocycles. The third-order valence-corrected chi connectivity index (χ3v) is 3.52. The van der Waals surface area contributed by atoms with Gasteiger partial charge in [0.05, 0.1) is 25.8 Å². The zero-order valence-electron chi connectivity index (χ0n) is 12.4. The van der Waals surface area contributed by atoms with Gasteiger partial charge >= 0.3 is 0 Å². The summed E-state index contributed by atoms with van der Waals surface area (Å²) in [4.78, 5) is 0. The first kappa shape index (κ1) is 16.1. The summed E-state index contributed by atoms with van der Waals surface area (Å²) in [7, 11) is 4.83. The number of methoxy groups -OCH3 is 3. The number of nitrogens with one attached hydrogen (secondary N) is 1. The van der Waals surface area contributed by atoms with E-state index in [4.69, 9.17) is 14.2 Å². The minimum Gasteiger partial charge on any atom is -0.493 e. The number of hydrogen-bond acceptors (Lipinski definition) is 4. The highest BCUT2D eigenvalue weighted by molar-refractivity contribution is 9.10. The second kappa shape index (κ2) is 6.48. The lowest BCUT2D eigenvalue weighted by atomic mass is 10.1. The molecule has 5 heteroatoms. The van der Waals surface area contributed by atoms with E-state index in [-0.39, 0.29) is 5.54 Å². The van der Waals surface area contributed by atoms with Crippen LogP contribution in [0.25, 0.3) is 0 Å². The molecule has 0 radical (unpaired) electrons. The molecular formula is C14H22BrNO3. The van der Waals surface area contributed by atoms with Crippen LogP contribution in [0.15, 0.2) is 10.5 Å². The van der Waals surface area contributed by atoms with E-state index in [9.17, 15) is 0 Å². The Kier molecular flexibility index (Phi) is 5.50. The maximum Gasteiger partial charge on any atom is 0.204 e. The molecule has 4 nitrogen and oxygen atoms in total. The molecule has 0 spiro atoms. The van der Waals surface area contributed by atoms with Gasteiger partial charge in [-0.2, -0.15) is 0 Å². The van der Waals surface area contributed by atoms with E-state index >= 15 is 0 Å². The highest BCUT2D eigenvalue weighted by atomic mass is 79.9. The number of hydrogen-bond donors (Lipinski definition) is 1. The van der Waals surface area contributed by atoms with Crippen LogP contribution in [0.4, 0.5) is 0 Å². The molecule has 1 aromatic rings. The van der Waals surface area contributed by atoms with Crippen LogP contribution in [-0.4, -0.2) is 26.9 Å². The van der Waals surface area contributed by atoms with Crippen molar-refractivity contribution in [1.82, 2.24) is 5.32 Å². The second-order valence-electron chi connectivity index (χ2n) is 5.22. The quantitative estimate of drug-likeness (QED) is 0.897. The minimum absolute atomic E-state index is 0.0415. The van der Waals surface area contributed by atoms with E-state index in [0.717, 1.165) is 10.0 Å². The fourth-order valence-electron chi connectivity index (χ4n) is 1.66. The molecule has 0 atom stereocenters. The van der Waals surface area contributed by atoms with Crippen molar-refractivity contribution in [3.63, 3.8) is 0 Å². The van der Waals surface area contributed by atoms with Crippen LogP contribution in [0.3, 0.4) is 0 Å². The Hall–Kier alpha value is -0.940. The highest BCUT2D eigenvalue weighted by Crippen LogP contribution is 2.44. The minimum atomic E-state index is 0.0415. The summed E-state index contributed by atoms with van der Waals surface area (Å²) in [5.74, 6) is 1.90. The Morgan fingerprint density at radius 2 is 1.63 bits per heavy atom.